The Labute approximate surface area is 644 Å². The molecular weight excluding hydrogens is 1440 g/mol. The lowest BCUT2D eigenvalue weighted by atomic mass is 10.0. The van der Waals surface area contributed by atoms with Crippen molar-refractivity contribution in [1.82, 2.24) is 39.5 Å². The molecule has 4 aliphatic heterocycles. The van der Waals surface area contributed by atoms with Gasteiger partial charge in [-0.25, -0.2) is 19.9 Å². The predicted octanol–water partition coefficient (Wildman–Crippen LogP) is 17.2. The molecule has 108 heavy (non-hydrogen) atoms. The van der Waals surface area contributed by atoms with Gasteiger partial charge in [0.05, 0.1) is 80.4 Å². The lowest BCUT2D eigenvalue weighted by Gasteiger charge is -2.24. The molecule has 24 heteroatoms. The van der Waals surface area contributed by atoms with Gasteiger partial charge < -0.3 is 40.7 Å². The first-order chi connectivity index (χ1) is 51.9. The van der Waals surface area contributed by atoms with E-state index in [1.54, 1.807) is 114 Å². The van der Waals surface area contributed by atoms with Crippen LogP contribution in [-0.4, -0.2) is 89.3 Å². The molecule has 0 atom stereocenters. The first-order valence-electron chi connectivity index (χ1n) is 34.9. The molecule has 0 saturated carbocycles. The SMILES string of the molecule is Cc1cc(C(=O)N2CCc3nc(C)n(C(=O)c4ccc(C#N)c(C)c4)c3-c3cc(Cl)ccc32)ccc1C#N.Cc1nc2c([nH]1)CCN(C(=O)c1ccc(C#N)c(C)c1)c1ccc(Cl)cc1-2.Cc1nc2c([nH]1)CCN(C(=O)c1ccc(CN)c(C)c1)c1ccc(Cl)cc1-2.Cc1nc2c([nH]1)CCNc1ccc(Cl)cc1-2. The number of nitrogens with one attached hydrogen (secondary N) is 4. The maximum atomic E-state index is 13.8. The summed E-state index contributed by atoms with van der Waals surface area (Å²) in [6, 6.07) is 49.5. The second kappa shape index (κ2) is 31.3. The summed E-state index contributed by atoms with van der Waals surface area (Å²) in [5.74, 6) is 2.54. The first-order valence-corrected chi connectivity index (χ1v) is 36.4. The molecule has 0 radical (unpaired) electrons. The van der Waals surface area contributed by atoms with Crippen molar-refractivity contribution in [3.63, 3.8) is 0 Å². The highest BCUT2D eigenvalue weighted by Gasteiger charge is 2.34. The largest absolute Gasteiger partial charge is 0.384 e. The van der Waals surface area contributed by atoms with Crippen LogP contribution in [0.5, 0.6) is 0 Å². The van der Waals surface area contributed by atoms with Gasteiger partial charge in [0.15, 0.2) is 0 Å². The van der Waals surface area contributed by atoms with Crippen LogP contribution in [0.4, 0.5) is 22.7 Å². The fraction of sp³-hybridized carbons (Fsp3) is 0.202. The van der Waals surface area contributed by atoms with Crippen LogP contribution >= 0.6 is 46.4 Å². The van der Waals surface area contributed by atoms with Crippen LogP contribution in [-0.2, 0) is 32.2 Å². The highest BCUT2D eigenvalue weighted by Crippen LogP contribution is 2.43. The number of rotatable bonds is 5. The Morgan fingerprint density at radius 2 is 0.796 bits per heavy atom. The van der Waals surface area contributed by atoms with E-state index in [-0.39, 0.29) is 23.6 Å². The van der Waals surface area contributed by atoms with E-state index in [1.807, 2.05) is 106 Å². The van der Waals surface area contributed by atoms with Gasteiger partial charge in [0, 0.05) is 146 Å². The number of imidazole rings is 4. The van der Waals surface area contributed by atoms with Crippen LogP contribution < -0.4 is 25.8 Å². The summed E-state index contributed by atoms with van der Waals surface area (Å²) in [5, 5.41) is 33.5. The molecule has 4 aromatic heterocycles. The smallest absolute Gasteiger partial charge is 0.263 e. The van der Waals surface area contributed by atoms with Crippen molar-refractivity contribution in [2.45, 2.75) is 87.6 Å². The Kier molecular flexibility index (Phi) is 21.5. The summed E-state index contributed by atoms with van der Waals surface area (Å²) in [4.78, 5) is 87.8. The molecule has 0 fully saturated rings. The van der Waals surface area contributed by atoms with Gasteiger partial charge in [-0.2, -0.15) is 15.8 Å². The number of carbonyl (C=O) groups is 4. The summed E-state index contributed by atoms with van der Waals surface area (Å²) >= 11 is 24.9. The third kappa shape index (κ3) is 15.0. The van der Waals surface area contributed by atoms with E-state index in [9.17, 15) is 29.7 Å². The first kappa shape index (κ1) is 74.3. The van der Waals surface area contributed by atoms with Gasteiger partial charge in [0.1, 0.15) is 23.3 Å². The van der Waals surface area contributed by atoms with Crippen LogP contribution in [0, 0.1) is 89.4 Å². The Balaban J connectivity index is 0.000000132. The number of amides is 3. The van der Waals surface area contributed by atoms with Crippen molar-refractivity contribution in [3.8, 4) is 63.2 Å². The standard InChI is InChI=1S/C30H22ClN5O2.C21H21ClN4O.C21H17ClN4O.C12H12ClN3/c1-17-12-20(4-6-22(17)15-32)29(37)35-11-10-26-28(25-14-24(31)8-9-27(25)35)36(19(3)34-26)30(38)21-5-7-23(16-33)18(2)13-21;2*1-12-9-14(3-4-15(12)11-23)21(27)26-8-7-18-20(25-13(2)24-18)17-10-16(22)5-6-19(17)26;1-7-15-11-4-5-14-10-3-2-8(13)6-9(10)12(11)16-7/h4-9,12-14H,10-11H2,1-3H3;3-6,9-10H,7-8,11,23H2,1-2H3,(H,24,25);3-6,9-10H,7-8H2,1-2H3,(H,24,25);2-3,6,14H,4-5H2,1H3,(H,15,16). The minimum Gasteiger partial charge on any atom is -0.384 e. The maximum absolute atomic E-state index is 13.8. The topological polar surface area (TPSA) is 291 Å². The number of aromatic amines is 3. The zero-order chi connectivity index (χ0) is 76.5. The van der Waals surface area contributed by atoms with Crippen molar-refractivity contribution in [3.05, 3.63) is 279 Å². The quantitative estimate of drug-likeness (QED) is 0.107. The molecule has 8 aromatic carbocycles. The molecule has 540 valence electrons. The molecule has 0 bridgehead atoms. The molecule has 0 spiro atoms. The second-order valence-corrected chi connectivity index (χ2v) is 28.5. The van der Waals surface area contributed by atoms with E-state index in [0.29, 0.717) is 133 Å². The number of halogens is 4. The van der Waals surface area contributed by atoms with Crippen molar-refractivity contribution in [1.29, 1.82) is 15.8 Å². The molecule has 0 aliphatic carbocycles. The average molecular weight is 1510 g/mol. The maximum Gasteiger partial charge on any atom is 0.263 e. The molecule has 12 aromatic rings. The Morgan fingerprint density at radius 3 is 1.22 bits per heavy atom. The Hall–Kier alpha value is -11.9. The minimum absolute atomic E-state index is 0.0351. The van der Waals surface area contributed by atoms with Crippen LogP contribution in [0.25, 0.3) is 45.0 Å². The lowest BCUT2D eigenvalue weighted by Crippen LogP contribution is -2.32. The Morgan fingerprint density at radius 1 is 0.426 bits per heavy atom. The van der Waals surface area contributed by atoms with Crippen LogP contribution in [0.3, 0.4) is 0 Å². The molecular formula is C84H72Cl4N16O4. The highest BCUT2D eigenvalue weighted by atomic mass is 35.5. The molecule has 8 heterocycles. The van der Waals surface area contributed by atoms with Crippen molar-refractivity contribution in [2.75, 3.05) is 46.2 Å². The molecule has 0 unspecified atom stereocenters. The van der Waals surface area contributed by atoms with Crippen molar-refractivity contribution < 1.29 is 19.2 Å². The van der Waals surface area contributed by atoms with Gasteiger partial charge in [-0.3, -0.25) is 23.7 Å². The van der Waals surface area contributed by atoms with Crippen molar-refractivity contribution in [2.24, 2.45) is 5.73 Å². The molecule has 3 amide bonds. The van der Waals surface area contributed by atoms with E-state index in [1.165, 1.54) is 5.69 Å². The Bertz CT molecular complexity index is 5790. The van der Waals surface area contributed by atoms with E-state index in [4.69, 9.17) is 62.4 Å². The van der Waals surface area contributed by atoms with Crippen LogP contribution in [0.15, 0.2) is 146 Å². The number of nitrogens with two attached hydrogens (primary N) is 1. The number of nitrogens with zero attached hydrogens (tertiary/aromatic N) is 11. The second-order valence-electron chi connectivity index (χ2n) is 26.8. The number of carbonyl (C=O) groups excluding carboxylic acids is 4. The summed E-state index contributed by atoms with van der Waals surface area (Å²) in [6.07, 6.45) is 2.76. The number of aryl methyl sites for hydroxylation is 8. The lowest BCUT2D eigenvalue weighted by molar-refractivity contribution is 0.0955. The van der Waals surface area contributed by atoms with Gasteiger partial charge in [0.25, 0.3) is 23.6 Å². The third-order valence-corrected chi connectivity index (χ3v) is 20.5. The van der Waals surface area contributed by atoms with E-state index in [0.717, 1.165) is 120 Å². The number of anilines is 4. The van der Waals surface area contributed by atoms with Gasteiger partial charge in [-0.05, 0) is 223 Å². The zero-order valence-corrected chi connectivity index (χ0v) is 63.4. The fourth-order valence-corrected chi connectivity index (χ4v) is 14.9. The summed E-state index contributed by atoms with van der Waals surface area (Å²) < 4.78 is 1.56. The van der Waals surface area contributed by atoms with Gasteiger partial charge >= 0.3 is 0 Å². The monoisotopic (exact) mass is 1510 g/mol. The molecule has 4 aliphatic rings. The normalized spacial score (nSPS) is 12.7. The molecule has 6 N–H and O–H groups in total. The van der Waals surface area contributed by atoms with Crippen LogP contribution in [0.1, 0.15) is 132 Å². The fourth-order valence-electron chi connectivity index (χ4n) is 14.2. The number of nitriles is 3. The van der Waals surface area contributed by atoms with E-state index >= 15 is 0 Å². The summed E-state index contributed by atoms with van der Waals surface area (Å²) in [5.41, 5.74) is 27.8. The summed E-state index contributed by atoms with van der Waals surface area (Å²) in [7, 11) is 0. The van der Waals surface area contributed by atoms with E-state index in [2.05, 4.69) is 53.4 Å². The third-order valence-electron chi connectivity index (χ3n) is 19.5. The minimum atomic E-state index is -0.280. The highest BCUT2D eigenvalue weighted by molar-refractivity contribution is 6.32. The summed E-state index contributed by atoms with van der Waals surface area (Å²) in [6.45, 7) is 17.8. The van der Waals surface area contributed by atoms with Gasteiger partial charge in [0.2, 0.25) is 0 Å². The van der Waals surface area contributed by atoms with Crippen molar-refractivity contribution >= 4 is 92.8 Å². The predicted molar refractivity (Wildman–Crippen MR) is 424 cm³/mol. The van der Waals surface area contributed by atoms with Crippen LogP contribution in [0.2, 0.25) is 20.1 Å². The number of hydrogen-bond acceptors (Lipinski definition) is 13. The van der Waals surface area contributed by atoms with Gasteiger partial charge in [-0.15, -0.1) is 0 Å². The molecule has 16 rings (SSSR count). The number of hydrogen-bond donors (Lipinski definition) is 5. The van der Waals surface area contributed by atoms with E-state index < -0.39 is 0 Å². The number of fused-ring (bicyclic) bond motifs is 12. The average Bonchev–Trinajstić information content (AvgIpc) is 1.59. The number of benzene rings is 8. The molecule has 0 saturated heterocycles. The molecule has 20 nitrogen and oxygen atoms in total. The van der Waals surface area contributed by atoms with Gasteiger partial charge in [-0.1, -0.05) is 52.5 Å². The zero-order valence-electron chi connectivity index (χ0n) is 60.4. The number of H-pyrrole nitrogens is 3. The number of aromatic nitrogens is 8.